The predicted octanol–water partition coefficient (Wildman–Crippen LogP) is 2.75. The van der Waals surface area contributed by atoms with Crippen LogP contribution < -0.4 is 15.6 Å². The smallest absolute Gasteiger partial charge is 0.276 e. The molecule has 1 N–H and O–H groups in total. The Bertz CT molecular complexity index is 1300. The van der Waals surface area contributed by atoms with Crippen LogP contribution >= 0.6 is 0 Å². The molecular weight excluding hydrogens is 456 g/mol. The van der Waals surface area contributed by atoms with E-state index < -0.39 is 15.9 Å². The first-order chi connectivity index (χ1) is 16.4. The Kier molecular flexibility index (Phi) is 7.39. The minimum atomic E-state index is -3.62. The minimum Gasteiger partial charge on any atom is -0.492 e. The molecule has 10 heteroatoms. The molecule has 1 amide bonds. The van der Waals surface area contributed by atoms with E-state index in [4.69, 9.17) is 4.74 Å². The fraction of sp³-hybridized carbons (Fsp3) is 0.292. The van der Waals surface area contributed by atoms with Crippen LogP contribution in [-0.2, 0) is 16.6 Å². The topological polar surface area (TPSA) is 111 Å². The molecule has 4 rings (SSSR count). The van der Waals surface area contributed by atoms with E-state index in [1.165, 1.54) is 28.6 Å². The van der Waals surface area contributed by atoms with E-state index in [1.807, 2.05) is 18.2 Å². The zero-order valence-electron chi connectivity index (χ0n) is 18.6. The quantitative estimate of drug-likeness (QED) is 0.529. The summed E-state index contributed by atoms with van der Waals surface area (Å²) in [6.45, 7) is 1.37. The van der Waals surface area contributed by atoms with Crippen molar-refractivity contribution in [1.29, 1.82) is 0 Å². The molecule has 0 atom stereocenters. The SMILES string of the molecule is O=C(Nc1cccc(S(=O)(=O)N2CCCCC2)c1)c1ccc(=O)n(CCOc2ccccc2)n1. The fourth-order valence-electron chi connectivity index (χ4n) is 3.68. The second-order valence-corrected chi connectivity index (χ2v) is 9.83. The van der Waals surface area contributed by atoms with Gasteiger partial charge in [-0.05, 0) is 49.2 Å². The van der Waals surface area contributed by atoms with E-state index in [0.717, 1.165) is 23.9 Å². The van der Waals surface area contributed by atoms with E-state index in [2.05, 4.69) is 10.4 Å². The number of aromatic nitrogens is 2. The van der Waals surface area contributed by atoms with Crippen LogP contribution in [0, 0.1) is 0 Å². The summed E-state index contributed by atoms with van der Waals surface area (Å²) in [6.07, 6.45) is 2.70. The Labute approximate surface area is 198 Å². The molecular formula is C24H26N4O5S. The Morgan fingerprint density at radius 1 is 0.971 bits per heavy atom. The van der Waals surface area contributed by atoms with Gasteiger partial charge in [0.2, 0.25) is 10.0 Å². The average Bonchev–Trinajstić information content (AvgIpc) is 2.86. The van der Waals surface area contributed by atoms with Gasteiger partial charge < -0.3 is 10.1 Å². The van der Waals surface area contributed by atoms with Crippen molar-refractivity contribution < 1.29 is 17.9 Å². The summed E-state index contributed by atoms with van der Waals surface area (Å²) in [5.41, 5.74) is 0.00137. The highest BCUT2D eigenvalue weighted by molar-refractivity contribution is 7.89. The van der Waals surface area contributed by atoms with Crippen molar-refractivity contribution in [3.63, 3.8) is 0 Å². The first-order valence-electron chi connectivity index (χ1n) is 11.1. The number of ether oxygens (including phenoxy) is 1. The number of rotatable bonds is 8. The van der Waals surface area contributed by atoms with Crippen molar-refractivity contribution in [2.24, 2.45) is 0 Å². The van der Waals surface area contributed by atoms with Gasteiger partial charge in [-0.1, -0.05) is 30.7 Å². The summed E-state index contributed by atoms with van der Waals surface area (Å²) >= 11 is 0. The molecule has 0 spiro atoms. The molecule has 3 aromatic rings. The number of benzene rings is 2. The average molecular weight is 483 g/mol. The molecule has 1 saturated heterocycles. The van der Waals surface area contributed by atoms with Crippen molar-refractivity contribution in [2.75, 3.05) is 25.0 Å². The second kappa shape index (κ2) is 10.6. The number of nitrogens with one attached hydrogen (secondary N) is 1. The molecule has 2 heterocycles. The zero-order chi connectivity index (χ0) is 24.0. The summed E-state index contributed by atoms with van der Waals surface area (Å²) < 4.78 is 34.1. The molecule has 0 aliphatic carbocycles. The lowest BCUT2D eigenvalue weighted by Crippen LogP contribution is -2.35. The largest absolute Gasteiger partial charge is 0.492 e. The van der Waals surface area contributed by atoms with Crippen molar-refractivity contribution in [3.8, 4) is 5.75 Å². The lowest BCUT2D eigenvalue weighted by atomic mass is 10.2. The number of carbonyl (C=O) groups excluding carboxylic acids is 1. The van der Waals surface area contributed by atoms with Crippen molar-refractivity contribution >= 4 is 21.6 Å². The van der Waals surface area contributed by atoms with Gasteiger partial charge in [-0.3, -0.25) is 9.59 Å². The van der Waals surface area contributed by atoms with Crippen LogP contribution in [0.15, 0.2) is 76.4 Å². The van der Waals surface area contributed by atoms with E-state index in [9.17, 15) is 18.0 Å². The summed E-state index contributed by atoms with van der Waals surface area (Å²) in [4.78, 5) is 25.0. The van der Waals surface area contributed by atoms with Crippen LogP contribution in [0.4, 0.5) is 5.69 Å². The molecule has 178 valence electrons. The van der Waals surface area contributed by atoms with Crippen LogP contribution in [0.25, 0.3) is 0 Å². The van der Waals surface area contributed by atoms with Gasteiger partial charge in [-0.15, -0.1) is 0 Å². The standard InChI is InChI=1S/C24H26N4O5S/c29-23-13-12-22(26-28(23)16-17-33-20-9-3-1-4-10-20)24(30)25-19-8-7-11-21(18-19)34(31,32)27-14-5-2-6-15-27/h1,3-4,7-13,18H,2,5-6,14-17H2,(H,25,30). The number of hydrogen-bond acceptors (Lipinski definition) is 6. The number of sulfonamides is 1. The fourth-order valence-corrected chi connectivity index (χ4v) is 5.24. The van der Waals surface area contributed by atoms with Crippen molar-refractivity contribution in [3.05, 3.63) is 82.8 Å². The molecule has 1 aromatic heterocycles. The molecule has 1 fully saturated rings. The van der Waals surface area contributed by atoms with Gasteiger partial charge in [0, 0.05) is 24.8 Å². The third kappa shape index (κ3) is 5.70. The summed E-state index contributed by atoms with van der Waals surface area (Å²) in [5.74, 6) is 0.120. The van der Waals surface area contributed by atoms with Gasteiger partial charge in [0.25, 0.3) is 11.5 Å². The minimum absolute atomic E-state index is 0.0311. The highest BCUT2D eigenvalue weighted by atomic mass is 32.2. The van der Waals surface area contributed by atoms with Crippen LogP contribution in [0.1, 0.15) is 29.8 Å². The number of para-hydroxylation sites is 1. The molecule has 1 aliphatic heterocycles. The number of carbonyl (C=O) groups is 1. The molecule has 9 nitrogen and oxygen atoms in total. The van der Waals surface area contributed by atoms with Crippen molar-refractivity contribution in [1.82, 2.24) is 14.1 Å². The van der Waals surface area contributed by atoms with Crippen LogP contribution in [0.3, 0.4) is 0 Å². The van der Waals surface area contributed by atoms with Crippen molar-refractivity contribution in [2.45, 2.75) is 30.7 Å². The van der Waals surface area contributed by atoms with E-state index in [0.29, 0.717) is 24.5 Å². The normalized spacial score (nSPS) is 14.5. The molecule has 0 unspecified atom stereocenters. The lowest BCUT2D eigenvalue weighted by molar-refractivity contribution is 0.101. The van der Waals surface area contributed by atoms with Gasteiger partial charge in [-0.2, -0.15) is 9.40 Å². The monoisotopic (exact) mass is 482 g/mol. The maximum absolute atomic E-state index is 12.9. The highest BCUT2D eigenvalue weighted by Crippen LogP contribution is 2.23. The van der Waals surface area contributed by atoms with E-state index >= 15 is 0 Å². The number of anilines is 1. The molecule has 0 saturated carbocycles. The van der Waals surface area contributed by atoms with Gasteiger partial charge in [0.15, 0.2) is 0 Å². The van der Waals surface area contributed by atoms with Gasteiger partial charge in [0.1, 0.15) is 18.1 Å². The Morgan fingerprint density at radius 3 is 2.50 bits per heavy atom. The van der Waals surface area contributed by atoms with Crippen LogP contribution in [0.5, 0.6) is 5.75 Å². The molecule has 2 aromatic carbocycles. The number of nitrogens with zero attached hydrogens (tertiary/aromatic N) is 3. The molecule has 34 heavy (non-hydrogen) atoms. The maximum Gasteiger partial charge on any atom is 0.276 e. The van der Waals surface area contributed by atoms with Gasteiger partial charge in [0.05, 0.1) is 11.4 Å². The molecule has 0 bridgehead atoms. The third-order valence-corrected chi connectivity index (χ3v) is 7.35. The number of hydrogen-bond donors (Lipinski definition) is 1. The Balaban J connectivity index is 1.44. The Hall–Kier alpha value is -3.50. The highest BCUT2D eigenvalue weighted by Gasteiger charge is 2.26. The third-order valence-electron chi connectivity index (χ3n) is 5.46. The number of amides is 1. The van der Waals surface area contributed by atoms with Crippen LogP contribution in [0.2, 0.25) is 0 Å². The first kappa shape index (κ1) is 23.7. The lowest BCUT2D eigenvalue weighted by Gasteiger charge is -2.26. The number of piperidine rings is 1. The maximum atomic E-state index is 12.9. The molecule has 0 radical (unpaired) electrons. The van der Waals surface area contributed by atoms with E-state index in [-0.39, 0.29) is 29.3 Å². The zero-order valence-corrected chi connectivity index (χ0v) is 19.4. The van der Waals surface area contributed by atoms with Gasteiger partial charge >= 0.3 is 0 Å². The second-order valence-electron chi connectivity index (χ2n) is 7.89. The predicted molar refractivity (Wildman–Crippen MR) is 127 cm³/mol. The van der Waals surface area contributed by atoms with Crippen LogP contribution in [-0.4, -0.2) is 48.1 Å². The molecule has 1 aliphatic rings. The van der Waals surface area contributed by atoms with Gasteiger partial charge in [-0.25, -0.2) is 13.1 Å². The summed E-state index contributed by atoms with van der Waals surface area (Å²) in [6, 6.07) is 17.9. The Morgan fingerprint density at radius 2 is 1.74 bits per heavy atom. The summed E-state index contributed by atoms with van der Waals surface area (Å²) in [5, 5.41) is 6.80. The van der Waals surface area contributed by atoms with E-state index in [1.54, 1.807) is 24.3 Å². The first-order valence-corrected chi connectivity index (χ1v) is 12.5. The summed E-state index contributed by atoms with van der Waals surface area (Å²) in [7, 11) is -3.62.